The molecular weight excluding hydrogens is 516 g/mol. The van der Waals surface area contributed by atoms with Gasteiger partial charge < -0.3 is 14.8 Å². The van der Waals surface area contributed by atoms with Crippen LogP contribution >= 0.6 is 23.4 Å². The maximum atomic E-state index is 12.8. The van der Waals surface area contributed by atoms with Crippen molar-refractivity contribution in [3.8, 4) is 11.5 Å². The van der Waals surface area contributed by atoms with Gasteiger partial charge in [0.25, 0.3) is 11.1 Å². The molecule has 37 heavy (non-hydrogen) atoms. The van der Waals surface area contributed by atoms with Crippen molar-refractivity contribution in [1.82, 2.24) is 4.90 Å². The molecule has 1 saturated heterocycles. The van der Waals surface area contributed by atoms with Crippen LogP contribution in [0.1, 0.15) is 22.8 Å². The van der Waals surface area contributed by atoms with Gasteiger partial charge in [0.05, 0.1) is 17.1 Å². The molecule has 0 saturated carbocycles. The molecule has 1 heterocycles. The number of halogens is 1. The summed E-state index contributed by atoms with van der Waals surface area (Å²) in [6, 6.07) is 19.8. The lowest BCUT2D eigenvalue weighted by Crippen LogP contribution is -2.36. The van der Waals surface area contributed by atoms with Crippen LogP contribution < -0.4 is 14.8 Å². The molecule has 0 radical (unpaired) electrons. The summed E-state index contributed by atoms with van der Waals surface area (Å²) in [5.41, 5.74) is 1.44. The Balaban J connectivity index is 1.47. The zero-order valence-corrected chi connectivity index (χ0v) is 21.2. The number of ether oxygens (including phenoxy) is 2. The van der Waals surface area contributed by atoms with Crippen LogP contribution in [0.25, 0.3) is 6.08 Å². The summed E-state index contributed by atoms with van der Waals surface area (Å²) in [5, 5.41) is 2.61. The van der Waals surface area contributed by atoms with Crippen molar-refractivity contribution in [2.24, 2.45) is 0 Å². The molecule has 3 aromatic rings. The first-order valence-electron chi connectivity index (χ1n) is 11.2. The second-order valence-corrected chi connectivity index (χ2v) is 9.15. The number of nitrogens with one attached hydrogen (secondary N) is 1. The normalized spacial score (nSPS) is 14.1. The van der Waals surface area contributed by atoms with E-state index in [0.29, 0.717) is 34.2 Å². The molecule has 0 unspecified atom stereocenters. The smallest absolute Gasteiger partial charge is 0.343 e. The van der Waals surface area contributed by atoms with Gasteiger partial charge in [0, 0.05) is 10.7 Å². The predicted octanol–water partition coefficient (Wildman–Crippen LogP) is 5.63. The van der Waals surface area contributed by atoms with Gasteiger partial charge in [-0.2, -0.15) is 0 Å². The van der Waals surface area contributed by atoms with Crippen molar-refractivity contribution in [2.45, 2.75) is 6.92 Å². The lowest BCUT2D eigenvalue weighted by molar-refractivity contribution is -0.127. The van der Waals surface area contributed by atoms with E-state index in [4.69, 9.17) is 21.1 Å². The van der Waals surface area contributed by atoms with Crippen molar-refractivity contribution in [1.29, 1.82) is 0 Å². The summed E-state index contributed by atoms with van der Waals surface area (Å²) in [6.07, 6.45) is 1.52. The number of carbonyl (C=O) groups is 4. The number of esters is 1. The van der Waals surface area contributed by atoms with E-state index in [-0.39, 0.29) is 10.7 Å². The fourth-order valence-electron chi connectivity index (χ4n) is 3.37. The van der Waals surface area contributed by atoms with Crippen LogP contribution in [0.4, 0.5) is 10.5 Å². The molecule has 1 N–H and O–H groups in total. The van der Waals surface area contributed by atoms with Crippen molar-refractivity contribution in [3.05, 3.63) is 93.9 Å². The highest BCUT2D eigenvalue weighted by Crippen LogP contribution is 2.35. The molecule has 0 aromatic heterocycles. The van der Waals surface area contributed by atoms with Crippen LogP contribution in [-0.4, -0.2) is 41.1 Å². The Morgan fingerprint density at radius 3 is 2.43 bits per heavy atom. The zero-order valence-electron chi connectivity index (χ0n) is 19.6. The van der Waals surface area contributed by atoms with E-state index in [1.807, 2.05) is 6.07 Å². The summed E-state index contributed by atoms with van der Waals surface area (Å²) >= 11 is 6.61. The number of imide groups is 1. The van der Waals surface area contributed by atoms with E-state index in [1.54, 1.807) is 73.7 Å². The maximum Gasteiger partial charge on any atom is 0.343 e. The molecule has 3 amide bonds. The Hall–Kier alpha value is -4.08. The van der Waals surface area contributed by atoms with Gasteiger partial charge in [-0.1, -0.05) is 35.9 Å². The molecular formula is C27H21ClN2O6S. The number of rotatable bonds is 8. The second kappa shape index (κ2) is 11.8. The quantitative estimate of drug-likeness (QED) is 0.226. The number of carbonyl (C=O) groups excluding carboxylic acids is 4. The maximum absolute atomic E-state index is 12.8. The van der Waals surface area contributed by atoms with Gasteiger partial charge in [-0.3, -0.25) is 19.3 Å². The van der Waals surface area contributed by atoms with Crippen LogP contribution in [0.2, 0.25) is 5.02 Å². The average Bonchev–Trinajstić information content (AvgIpc) is 3.14. The summed E-state index contributed by atoms with van der Waals surface area (Å²) in [4.78, 5) is 51.2. The average molecular weight is 537 g/mol. The molecule has 1 aliphatic heterocycles. The topological polar surface area (TPSA) is 102 Å². The fourth-order valence-corrected chi connectivity index (χ4v) is 4.33. The van der Waals surface area contributed by atoms with E-state index in [1.165, 1.54) is 6.08 Å². The van der Waals surface area contributed by atoms with Crippen LogP contribution in [0, 0.1) is 0 Å². The first-order chi connectivity index (χ1) is 17.8. The van der Waals surface area contributed by atoms with E-state index in [9.17, 15) is 19.2 Å². The number of thioether (sulfide) groups is 1. The fraction of sp³-hybridized carbons (Fsp3) is 0.111. The van der Waals surface area contributed by atoms with Crippen LogP contribution in [0.15, 0.2) is 77.7 Å². The third-order valence-electron chi connectivity index (χ3n) is 5.08. The van der Waals surface area contributed by atoms with Gasteiger partial charge >= 0.3 is 5.97 Å². The monoisotopic (exact) mass is 536 g/mol. The van der Waals surface area contributed by atoms with Crippen molar-refractivity contribution < 1.29 is 28.7 Å². The Bertz CT molecular complexity index is 1380. The number of amides is 3. The molecule has 8 nitrogen and oxygen atoms in total. The highest BCUT2D eigenvalue weighted by Gasteiger charge is 2.36. The van der Waals surface area contributed by atoms with Gasteiger partial charge in [0.2, 0.25) is 5.91 Å². The largest absolute Gasteiger partial charge is 0.490 e. The van der Waals surface area contributed by atoms with Gasteiger partial charge in [-0.05, 0) is 78.9 Å². The minimum atomic E-state index is -0.583. The molecule has 1 fully saturated rings. The minimum Gasteiger partial charge on any atom is -0.490 e. The summed E-state index contributed by atoms with van der Waals surface area (Å²) in [5.74, 6) is -1.15. The van der Waals surface area contributed by atoms with E-state index >= 15 is 0 Å². The second-order valence-electron chi connectivity index (χ2n) is 7.72. The summed E-state index contributed by atoms with van der Waals surface area (Å²) < 4.78 is 11.1. The van der Waals surface area contributed by atoms with E-state index in [2.05, 4.69) is 5.32 Å². The Morgan fingerprint density at radius 2 is 1.73 bits per heavy atom. The lowest BCUT2D eigenvalue weighted by atomic mass is 10.1. The van der Waals surface area contributed by atoms with Gasteiger partial charge in [-0.15, -0.1) is 0 Å². The predicted molar refractivity (Wildman–Crippen MR) is 142 cm³/mol. The van der Waals surface area contributed by atoms with Crippen LogP contribution in [0.3, 0.4) is 0 Å². The van der Waals surface area contributed by atoms with E-state index < -0.39 is 29.6 Å². The Morgan fingerprint density at radius 1 is 1.00 bits per heavy atom. The number of para-hydroxylation sites is 1. The molecule has 3 aromatic carbocycles. The van der Waals surface area contributed by atoms with Crippen molar-refractivity contribution in [3.63, 3.8) is 0 Å². The summed E-state index contributed by atoms with van der Waals surface area (Å²) in [6.45, 7) is 1.69. The number of benzene rings is 3. The standard InChI is InChI=1S/C27H21ClN2O6S/c1-2-35-22-14-17(8-13-21(22)36-26(33)18-9-11-19(28)12-10-18)15-23-25(32)30(27(34)37-23)16-24(31)29-20-6-4-3-5-7-20/h3-15H,2,16H2,1H3,(H,29,31)/b23-15-. The SMILES string of the molecule is CCOc1cc(/C=C2\SC(=O)N(CC(=O)Nc3ccccc3)C2=O)ccc1OC(=O)c1ccc(Cl)cc1. The molecule has 0 aliphatic carbocycles. The highest BCUT2D eigenvalue weighted by atomic mass is 35.5. The molecule has 1 aliphatic rings. The first kappa shape index (κ1) is 26.0. The van der Waals surface area contributed by atoms with Crippen molar-refractivity contribution >= 4 is 58.1 Å². The Kier molecular flexibility index (Phi) is 8.27. The lowest BCUT2D eigenvalue weighted by Gasteiger charge is -2.12. The number of hydrogen-bond donors (Lipinski definition) is 1. The van der Waals surface area contributed by atoms with Crippen molar-refractivity contribution in [2.75, 3.05) is 18.5 Å². The van der Waals surface area contributed by atoms with E-state index in [0.717, 1.165) is 16.7 Å². The number of anilines is 1. The first-order valence-corrected chi connectivity index (χ1v) is 12.4. The Labute approximate surface area is 222 Å². The molecule has 10 heteroatoms. The highest BCUT2D eigenvalue weighted by molar-refractivity contribution is 8.18. The van der Waals surface area contributed by atoms with Crippen LogP contribution in [0.5, 0.6) is 11.5 Å². The third kappa shape index (κ3) is 6.58. The van der Waals surface area contributed by atoms with Gasteiger partial charge in [0.1, 0.15) is 6.54 Å². The summed E-state index contributed by atoms with van der Waals surface area (Å²) in [7, 11) is 0. The third-order valence-corrected chi connectivity index (χ3v) is 6.24. The minimum absolute atomic E-state index is 0.158. The molecule has 0 atom stereocenters. The number of nitrogens with zero attached hydrogens (tertiary/aromatic N) is 1. The van der Waals surface area contributed by atoms with Gasteiger partial charge in [0.15, 0.2) is 11.5 Å². The van der Waals surface area contributed by atoms with Crippen LogP contribution in [-0.2, 0) is 9.59 Å². The molecule has 0 bridgehead atoms. The zero-order chi connectivity index (χ0) is 26.4. The molecule has 4 rings (SSSR count). The molecule has 0 spiro atoms. The van der Waals surface area contributed by atoms with Gasteiger partial charge in [-0.25, -0.2) is 4.79 Å². The molecule has 188 valence electrons. The number of hydrogen-bond acceptors (Lipinski definition) is 7.